The summed E-state index contributed by atoms with van der Waals surface area (Å²) in [4.78, 5) is 0. The van der Waals surface area contributed by atoms with Gasteiger partial charge in [-0.15, -0.1) is 0 Å². The van der Waals surface area contributed by atoms with Crippen molar-refractivity contribution in [2.75, 3.05) is 6.54 Å². The molecule has 1 unspecified atom stereocenters. The third kappa shape index (κ3) is 2.59. The van der Waals surface area contributed by atoms with Crippen LogP contribution in [0.2, 0.25) is 0 Å². The van der Waals surface area contributed by atoms with Crippen LogP contribution < -0.4 is 5.73 Å². The maximum Gasteiger partial charge on any atom is 0.416 e. The van der Waals surface area contributed by atoms with Gasteiger partial charge in [0.15, 0.2) is 0 Å². The third-order valence-electron chi connectivity index (χ3n) is 3.76. The number of rotatable bonds is 2. The highest BCUT2D eigenvalue weighted by Crippen LogP contribution is 2.51. The normalized spacial score (nSPS) is 26.6. The molecular formula is C13H14F5N. The van der Waals surface area contributed by atoms with Crippen LogP contribution in [0.1, 0.15) is 30.4 Å². The number of hydrogen-bond donors (Lipinski definition) is 1. The molecule has 0 aliphatic heterocycles. The van der Waals surface area contributed by atoms with Crippen LogP contribution in [0.4, 0.5) is 22.0 Å². The van der Waals surface area contributed by atoms with Crippen LogP contribution in [0.25, 0.3) is 0 Å². The van der Waals surface area contributed by atoms with Gasteiger partial charge in [-0.1, -0.05) is 18.2 Å². The fourth-order valence-corrected chi connectivity index (χ4v) is 2.80. The lowest BCUT2D eigenvalue weighted by Gasteiger charge is -2.30. The highest BCUT2D eigenvalue weighted by molar-refractivity contribution is 5.38. The van der Waals surface area contributed by atoms with E-state index in [0.717, 1.165) is 6.07 Å². The second-order valence-corrected chi connectivity index (χ2v) is 5.06. The average molecular weight is 279 g/mol. The zero-order valence-corrected chi connectivity index (χ0v) is 10.1. The lowest BCUT2D eigenvalue weighted by molar-refractivity contribution is -0.139. The summed E-state index contributed by atoms with van der Waals surface area (Å²) in [6.07, 6.45) is -5.62. The Morgan fingerprint density at radius 2 is 1.74 bits per heavy atom. The molecule has 0 aromatic heterocycles. The van der Waals surface area contributed by atoms with Crippen LogP contribution in [0.15, 0.2) is 24.3 Å². The molecule has 1 nitrogen and oxygen atoms in total. The first kappa shape index (κ1) is 14.2. The van der Waals surface area contributed by atoms with Crippen LogP contribution >= 0.6 is 0 Å². The minimum atomic E-state index is -4.56. The summed E-state index contributed by atoms with van der Waals surface area (Å²) in [6, 6.07) is 4.86. The maximum absolute atomic E-state index is 13.4. The summed E-state index contributed by atoms with van der Waals surface area (Å²) in [5, 5.41) is 0. The second kappa shape index (κ2) is 4.44. The molecule has 0 amide bonds. The van der Waals surface area contributed by atoms with Gasteiger partial charge in [0.2, 0.25) is 5.92 Å². The van der Waals surface area contributed by atoms with E-state index in [9.17, 15) is 22.0 Å². The molecule has 0 bridgehead atoms. The van der Waals surface area contributed by atoms with E-state index in [4.69, 9.17) is 5.73 Å². The van der Waals surface area contributed by atoms with Crippen LogP contribution in [-0.4, -0.2) is 12.5 Å². The van der Waals surface area contributed by atoms with Gasteiger partial charge in [-0.05, 0) is 18.1 Å². The molecule has 1 aromatic rings. The molecule has 1 saturated carbocycles. The van der Waals surface area contributed by atoms with Crippen LogP contribution in [-0.2, 0) is 11.6 Å². The van der Waals surface area contributed by atoms with Crippen LogP contribution in [0.3, 0.4) is 0 Å². The molecule has 106 valence electrons. The van der Waals surface area contributed by atoms with Crippen molar-refractivity contribution in [3.63, 3.8) is 0 Å². The highest BCUT2D eigenvalue weighted by atomic mass is 19.4. The minimum absolute atomic E-state index is 0.0242. The van der Waals surface area contributed by atoms with E-state index in [2.05, 4.69) is 0 Å². The number of halogens is 5. The predicted octanol–water partition coefficient (Wildman–Crippen LogP) is 3.72. The molecule has 1 aliphatic rings. The lowest BCUT2D eigenvalue weighted by atomic mass is 9.76. The van der Waals surface area contributed by atoms with Crippen molar-refractivity contribution in [2.24, 2.45) is 5.73 Å². The Hall–Kier alpha value is -1.17. The molecule has 2 N–H and O–H groups in total. The van der Waals surface area contributed by atoms with Gasteiger partial charge >= 0.3 is 6.18 Å². The molecular weight excluding hydrogens is 265 g/mol. The van der Waals surface area contributed by atoms with E-state index in [1.165, 1.54) is 18.2 Å². The summed E-state index contributed by atoms with van der Waals surface area (Å²) in [6.45, 7) is -0.213. The molecule has 0 radical (unpaired) electrons. The SMILES string of the molecule is NCC1(c2ccccc2C(F)(F)F)CCC(F)(F)C1. The molecule has 1 aromatic carbocycles. The maximum atomic E-state index is 13.4. The summed E-state index contributed by atoms with van der Waals surface area (Å²) in [5.74, 6) is -2.95. The molecule has 0 spiro atoms. The van der Waals surface area contributed by atoms with E-state index < -0.39 is 35.9 Å². The summed E-state index contributed by atoms with van der Waals surface area (Å²) in [5.41, 5.74) is 3.28. The molecule has 1 atom stereocenters. The largest absolute Gasteiger partial charge is 0.416 e. The van der Waals surface area contributed by atoms with Crippen molar-refractivity contribution in [3.8, 4) is 0 Å². The minimum Gasteiger partial charge on any atom is -0.330 e. The fourth-order valence-electron chi connectivity index (χ4n) is 2.80. The van der Waals surface area contributed by atoms with Crippen LogP contribution in [0, 0.1) is 0 Å². The van der Waals surface area contributed by atoms with Crippen molar-refractivity contribution in [1.82, 2.24) is 0 Å². The van der Waals surface area contributed by atoms with Crippen molar-refractivity contribution >= 4 is 0 Å². The fraction of sp³-hybridized carbons (Fsp3) is 0.538. The van der Waals surface area contributed by atoms with E-state index >= 15 is 0 Å². The average Bonchev–Trinajstić information content (AvgIpc) is 2.65. The van der Waals surface area contributed by atoms with Gasteiger partial charge in [0, 0.05) is 24.8 Å². The number of alkyl halides is 5. The van der Waals surface area contributed by atoms with Gasteiger partial charge in [0.1, 0.15) is 0 Å². The molecule has 1 aliphatic carbocycles. The zero-order valence-electron chi connectivity index (χ0n) is 10.1. The first-order chi connectivity index (χ1) is 8.70. The topological polar surface area (TPSA) is 26.0 Å². The summed E-state index contributed by atoms with van der Waals surface area (Å²) >= 11 is 0. The Kier molecular flexibility index (Phi) is 3.33. The zero-order chi connectivity index (χ0) is 14.3. The Morgan fingerprint density at radius 3 is 2.21 bits per heavy atom. The van der Waals surface area contributed by atoms with E-state index in [1.807, 2.05) is 0 Å². The second-order valence-electron chi connectivity index (χ2n) is 5.06. The molecule has 19 heavy (non-hydrogen) atoms. The standard InChI is InChI=1S/C13H14F5N/c14-12(15)6-5-11(7-12,8-19)9-3-1-2-4-10(9)13(16,17)18/h1-4H,5-8,19H2. The molecule has 2 rings (SSSR count). The molecule has 1 fully saturated rings. The Balaban J connectivity index is 2.52. The molecule has 0 saturated heterocycles. The van der Waals surface area contributed by atoms with Gasteiger partial charge in [-0.2, -0.15) is 13.2 Å². The Bertz CT molecular complexity index is 468. The van der Waals surface area contributed by atoms with Gasteiger partial charge in [-0.25, -0.2) is 8.78 Å². The van der Waals surface area contributed by atoms with Crippen molar-refractivity contribution < 1.29 is 22.0 Å². The van der Waals surface area contributed by atoms with Gasteiger partial charge in [0.25, 0.3) is 0 Å². The summed E-state index contributed by atoms with van der Waals surface area (Å²) in [7, 11) is 0. The van der Waals surface area contributed by atoms with Gasteiger partial charge < -0.3 is 5.73 Å². The van der Waals surface area contributed by atoms with Crippen molar-refractivity contribution in [3.05, 3.63) is 35.4 Å². The van der Waals surface area contributed by atoms with Gasteiger partial charge in [0.05, 0.1) is 5.56 Å². The third-order valence-corrected chi connectivity index (χ3v) is 3.76. The Morgan fingerprint density at radius 1 is 1.11 bits per heavy atom. The number of nitrogens with two attached hydrogens (primary N) is 1. The first-order valence-electron chi connectivity index (χ1n) is 5.95. The highest BCUT2D eigenvalue weighted by Gasteiger charge is 2.52. The summed E-state index contributed by atoms with van der Waals surface area (Å²) < 4.78 is 65.7. The smallest absolute Gasteiger partial charge is 0.330 e. The molecule has 0 heterocycles. The lowest BCUT2D eigenvalue weighted by Crippen LogP contribution is -2.36. The van der Waals surface area contributed by atoms with Crippen LogP contribution in [0.5, 0.6) is 0 Å². The number of hydrogen-bond acceptors (Lipinski definition) is 1. The van der Waals surface area contributed by atoms with E-state index in [-0.39, 0.29) is 18.5 Å². The first-order valence-corrected chi connectivity index (χ1v) is 5.95. The quantitative estimate of drug-likeness (QED) is 0.820. The Labute approximate surface area is 107 Å². The van der Waals surface area contributed by atoms with E-state index in [0.29, 0.717) is 0 Å². The molecule has 6 heteroatoms. The van der Waals surface area contributed by atoms with E-state index in [1.54, 1.807) is 0 Å². The van der Waals surface area contributed by atoms with Crippen molar-refractivity contribution in [2.45, 2.75) is 36.8 Å². The van der Waals surface area contributed by atoms with Gasteiger partial charge in [-0.3, -0.25) is 0 Å². The predicted molar refractivity (Wildman–Crippen MR) is 61.0 cm³/mol. The monoisotopic (exact) mass is 279 g/mol. The van der Waals surface area contributed by atoms with Crippen molar-refractivity contribution in [1.29, 1.82) is 0 Å². The number of benzene rings is 1.